The van der Waals surface area contributed by atoms with Crippen LogP contribution >= 0.6 is 43.2 Å². The molecule has 3 aliphatic rings. The number of carbonyl (C=O) groups excluding carboxylic acids is 14. The quantitative estimate of drug-likeness (QED) is 0.0112. The smallest absolute Gasteiger partial charge is 0.550 e. The van der Waals surface area contributed by atoms with Crippen molar-refractivity contribution in [1.29, 1.82) is 0 Å². The zero-order chi connectivity index (χ0) is 95.7. The third kappa shape index (κ3) is 33.4. The van der Waals surface area contributed by atoms with E-state index >= 15 is 19.2 Å². The van der Waals surface area contributed by atoms with Gasteiger partial charge < -0.3 is 146 Å². The van der Waals surface area contributed by atoms with Crippen LogP contribution in [0.3, 0.4) is 0 Å². The summed E-state index contributed by atoms with van der Waals surface area (Å²) in [5, 5.41) is 78.3. The molecule has 132 heavy (non-hydrogen) atoms. The number of hydrogen-bond donors (Lipinski definition) is 18. The van der Waals surface area contributed by atoms with Gasteiger partial charge in [0.05, 0.1) is 47.5 Å². The molecule has 0 fully saturated rings. The van der Waals surface area contributed by atoms with Crippen molar-refractivity contribution >= 4 is 183 Å². The van der Waals surface area contributed by atoms with Gasteiger partial charge in [-0.2, -0.15) is 0 Å². The molecule has 2 unspecified atom stereocenters. The summed E-state index contributed by atoms with van der Waals surface area (Å²) in [6, 6.07) is -18.0. The topological polar surface area (TPSA) is 739 Å². The van der Waals surface area contributed by atoms with Crippen LogP contribution in [-0.2, 0) is 107 Å². The van der Waals surface area contributed by atoms with E-state index < -0.39 is 247 Å². The summed E-state index contributed by atoms with van der Waals surface area (Å²) in [6.45, 7) is 18.9. The Labute approximate surface area is 830 Å². The zero-order valence-electron chi connectivity index (χ0n) is 75.4. The third-order valence-corrected chi connectivity index (χ3v) is 26.7. The molecule has 0 spiro atoms. The van der Waals surface area contributed by atoms with E-state index in [2.05, 4.69) is 63.1 Å². The van der Waals surface area contributed by atoms with Gasteiger partial charge in [-0.15, -0.1) is 0 Å². The number of unbranched alkanes of at least 4 members (excludes halogenated alkanes) is 1. The second-order valence-electron chi connectivity index (χ2n) is 31.8. The van der Waals surface area contributed by atoms with Crippen LogP contribution in [0.15, 0.2) is 12.5 Å². The van der Waals surface area contributed by atoms with Gasteiger partial charge in [-0.1, -0.05) is 70.9 Å². The molecule has 14 atom stereocenters. The van der Waals surface area contributed by atoms with E-state index in [1.807, 2.05) is 0 Å². The fourth-order valence-corrected chi connectivity index (χ4v) is 18.7. The first-order valence-electron chi connectivity index (χ1n) is 41.5. The number of carbonyl (C=O) groups is 16. The molecular weight excluding hydrogens is 1860 g/mol. The Morgan fingerprint density at radius 2 is 1.12 bits per heavy atom. The summed E-state index contributed by atoms with van der Waals surface area (Å²) in [6.07, 6.45) is -3.61. The number of rotatable bonds is 39. The minimum Gasteiger partial charge on any atom is -0.550 e. The number of nitrogens with zero attached hydrogens (tertiary/aromatic N) is 9. The van der Waals surface area contributed by atoms with E-state index in [0.717, 1.165) is 50.1 Å². The van der Waals surface area contributed by atoms with Gasteiger partial charge in [-0.3, -0.25) is 62.3 Å². The molecule has 4 aromatic heterocycles. The van der Waals surface area contributed by atoms with Crippen LogP contribution in [0, 0.1) is 25.7 Å². The Morgan fingerprint density at radius 3 is 1.73 bits per heavy atom. The second-order valence-corrected chi connectivity index (χ2v) is 37.3. The Balaban J connectivity index is 0.0000121. The standard InChI is InChI=1S/C80H114N24O21S4.Fe.2Na/c1-32(2)59(84)77(121)90-47(19-22-53(83)107)72(116)89-45(15-13-14-26-81)71(115)93-50-29-126-128-41(12)58-37(8)65-102-68(58)100-63-35(6)44(17-24-55(110)111)67(99-63)104-66-43(16-23-54(108)109)34(5)62(98-66)97-64-36(7)57(69(101-64)103-65)40(11)129-127-30-51(94-73(117)46(18-21-52(82)106)88-70(114)38(9)87-75(50)119)76(120)92-49(27-42-28-85-31-86-42)74(118)96-61(39(10)105)79(123)95-60(33(3)4)78(122)91-48(80(124)125)20-25-56(112)113;;;/h28,31-33,38-41,45-51,59-61,105H,13-27,29-30,81,84H2,1-12H3,(H21,82,83,85,86,87,88,89,90,91,92,93,94,95,96,97,98,99,100,101,102,103,104,106,107,108,109,110,111,112,113,114,115,116,117,118,119,120,121,122,123,124,125);;;/q;+2;2*+1/p-4/t38-,39+,40?,41?,45-,46-,47-,48-,49-,50-,51-,59-,60-,61-;;;/m0.../s1. The summed E-state index contributed by atoms with van der Waals surface area (Å²) in [5.41, 5.74) is 26.3. The molecule has 12 amide bonds. The molecule has 0 saturated carbocycles. The maximum absolute atomic E-state index is 15.5. The molecule has 0 saturated heterocycles. The van der Waals surface area contributed by atoms with Crippen molar-refractivity contribution in [1.82, 2.24) is 103 Å². The van der Waals surface area contributed by atoms with E-state index in [1.165, 1.54) is 33.3 Å². The molecule has 0 aliphatic carbocycles. The number of aryl methyl sites for hydroxylation is 3. The first kappa shape index (κ1) is 115. The molecular formula is C80H110FeN24Na2O21S4. The number of primary amides is 2. The number of aromatic amines is 1. The van der Waals surface area contributed by atoms with Gasteiger partial charge in [0, 0.05) is 88.4 Å². The Morgan fingerprint density at radius 1 is 0.568 bits per heavy atom. The number of aliphatic hydroxyl groups is 1. The number of nitrogens with one attached hydrogen (secondary N) is 11. The van der Waals surface area contributed by atoms with Crippen LogP contribution in [0.4, 0.5) is 0 Å². The molecule has 22 N–H and O–H groups in total. The number of aliphatic hydroxyl groups excluding tert-OH is 1. The van der Waals surface area contributed by atoms with Gasteiger partial charge in [-0.25, -0.2) is 19.7 Å². The number of hydrogen-bond acceptors (Lipinski definition) is 32. The average molecular weight is 1970 g/mol. The number of carboxylic acids is 4. The molecule has 0 aromatic carbocycles. The maximum Gasteiger partial charge on any atom is 2.00 e. The normalized spacial score (nSPS) is 18.7. The van der Waals surface area contributed by atoms with E-state index in [0.29, 0.717) is 51.0 Å². The van der Waals surface area contributed by atoms with Gasteiger partial charge in [0.1, 0.15) is 60.4 Å². The Kier molecular flexibility index (Phi) is 47.5. The summed E-state index contributed by atoms with van der Waals surface area (Å²) in [5.74, 6) is -20.0. The van der Waals surface area contributed by atoms with Gasteiger partial charge in [0.15, 0.2) is 0 Å². The molecule has 7 rings (SSSR count). The largest absolute Gasteiger partial charge is 2.00 e. The summed E-state index contributed by atoms with van der Waals surface area (Å²) >= 11 is 0. The first-order chi connectivity index (χ1) is 60.8. The van der Waals surface area contributed by atoms with Crippen molar-refractivity contribution in [3.05, 3.63) is 63.8 Å². The van der Waals surface area contributed by atoms with Crippen molar-refractivity contribution in [3.8, 4) is 0 Å². The van der Waals surface area contributed by atoms with Crippen molar-refractivity contribution in [3.63, 3.8) is 0 Å². The molecule has 3 aliphatic heterocycles. The van der Waals surface area contributed by atoms with E-state index in [4.69, 9.17) is 62.8 Å². The van der Waals surface area contributed by atoms with E-state index in [-0.39, 0.29) is 172 Å². The maximum atomic E-state index is 15.5. The fourth-order valence-electron chi connectivity index (χ4n) is 13.5. The van der Waals surface area contributed by atoms with Gasteiger partial charge in [0.25, 0.3) is 0 Å². The molecule has 9 bridgehead atoms. The van der Waals surface area contributed by atoms with Crippen molar-refractivity contribution < 1.29 is 178 Å². The fraction of sp³-hybridized carbons (Fsp3) is 0.562. The van der Waals surface area contributed by atoms with E-state index in [1.54, 1.807) is 55.4 Å². The van der Waals surface area contributed by atoms with Gasteiger partial charge >= 0.3 is 88.1 Å². The molecule has 4 aromatic rings. The van der Waals surface area contributed by atoms with Crippen LogP contribution in [0.5, 0.6) is 0 Å². The summed E-state index contributed by atoms with van der Waals surface area (Å²) in [4.78, 5) is 265. The number of nitrogens with two attached hydrogens (primary N) is 4. The molecule has 45 nitrogen and oxygen atoms in total. The monoisotopic (exact) mass is 1970 g/mol. The number of aromatic nitrogens is 10. The number of allylic oxidation sites excluding steroid dienone is 3. The van der Waals surface area contributed by atoms with Crippen LogP contribution < -0.4 is 155 Å². The SMILES string of the molecule is CC1=C(CCC(=O)[O-])c2nc1nc1[n-]c3nc4nc(nc5[n-]c(n2)c(CCC(=O)[O-])c5C)C(=C4C)C(C)SSC[C@H](NC(=O)[C@H](CCCCN)NC(=O)[C@H](CCC(N)=O)NC(=O)[C@@H](N)C(C)C)C(=O)N[C@@H](C)C(=O)N[C@@H](CCC(N)=O)C(=O)N[C@H](C(=O)N[C@@H](Cc2c[nH]cn2)C(=O)N[C@H](C(=O)N[C@H](C(=O)N[C@@H](CCC(=O)O)C(=O)O)C(C)C)[C@@H](C)O)CSSC(C)c3c1C.[Fe+2].[Na+].[Na+]. The zero-order valence-corrected chi connectivity index (χ0v) is 83.8. The predicted octanol–water partition coefficient (Wildman–Crippen LogP) is -9.46. The third-order valence-electron chi connectivity index (χ3n) is 21.1. The van der Waals surface area contributed by atoms with Gasteiger partial charge in [0.2, 0.25) is 70.9 Å². The Bertz CT molecular complexity index is 5120. The number of carboxylic acid groups (broad SMARTS) is 4. The number of fused-ring (bicyclic) bond motifs is 7. The van der Waals surface area contributed by atoms with Crippen LogP contribution in [0.1, 0.15) is 203 Å². The molecule has 0 radical (unpaired) electrons. The molecule has 52 heteroatoms. The number of H-pyrrole nitrogens is 1. The molecule has 7 heterocycles. The van der Waals surface area contributed by atoms with Gasteiger partial charge in [-0.05, 0) is 183 Å². The van der Waals surface area contributed by atoms with Crippen molar-refractivity contribution in [2.24, 2.45) is 34.8 Å². The summed E-state index contributed by atoms with van der Waals surface area (Å²) < 4.78 is 0. The van der Waals surface area contributed by atoms with Crippen molar-refractivity contribution in [2.45, 2.75) is 256 Å². The number of imidazole rings is 1. The minimum atomic E-state index is -1.94. The van der Waals surface area contributed by atoms with Crippen LogP contribution in [0.2, 0.25) is 0 Å². The minimum absolute atomic E-state index is 0. The second kappa shape index (κ2) is 54.4. The van der Waals surface area contributed by atoms with E-state index in [9.17, 15) is 83.1 Å². The number of aliphatic carboxylic acids is 4. The summed E-state index contributed by atoms with van der Waals surface area (Å²) in [7, 11) is 4.26. The van der Waals surface area contributed by atoms with Crippen molar-refractivity contribution in [2.75, 3.05) is 18.1 Å². The molecule has 710 valence electrons. The van der Waals surface area contributed by atoms with Crippen LogP contribution in [-0.4, -0.2) is 246 Å². The number of amides is 12. The first-order valence-corrected chi connectivity index (χ1v) is 46.2. The Hall–Kier alpha value is -9.15. The predicted molar refractivity (Wildman–Crippen MR) is 471 cm³/mol. The van der Waals surface area contributed by atoms with Crippen LogP contribution in [0.25, 0.3) is 44.9 Å². The average Bonchev–Trinajstić information content (AvgIpc) is 1.61.